The topological polar surface area (TPSA) is 98.7 Å². The predicted octanol–water partition coefficient (Wildman–Crippen LogP) is 1.12. The van der Waals surface area contributed by atoms with Crippen molar-refractivity contribution < 1.29 is 23.9 Å². The van der Waals surface area contributed by atoms with Gasteiger partial charge in [0.25, 0.3) is 0 Å². The number of hydrogen-bond donors (Lipinski definition) is 3. The molecule has 0 aliphatic heterocycles. The van der Waals surface area contributed by atoms with E-state index in [-0.39, 0.29) is 30.1 Å². The quantitative estimate of drug-likeness (QED) is 0.758. The number of hydrogen-bond acceptors (Lipinski definition) is 3. The van der Waals surface area contributed by atoms with Crippen LogP contribution < -0.4 is 10.6 Å². The summed E-state index contributed by atoms with van der Waals surface area (Å²) in [5.41, 5.74) is -0.355. The van der Waals surface area contributed by atoms with E-state index in [1.165, 1.54) is 11.0 Å². The van der Waals surface area contributed by atoms with Crippen molar-refractivity contribution in [2.45, 2.75) is 6.42 Å². The van der Waals surface area contributed by atoms with Gasteiger partial charge < -0.3 is 20.6 Å². The van der Waals surface area contributed by atoms with Crippen molar-refractivity contribution in [3.05, 3.63) is 29.6 Å². The van der Waals surface area contributed by atoms with Gasteiger partial charge in [0.05, 0.1) is 11.3 Å². The number of aromatic carboxylic acids is 1. The lowest BCUT2D eigenvalue weighted by Gasteiger charge is -2.11. The smallest absolute Gasteiger partial charge is 0.335 e. The molecule has 3 amide bonds. The lowest BCUT2D eigenvalue weighted by Crippen LogP contribution is -2.33. The first-order chi connectivity index (χ1) is 9.81. The van der Waals surface area contributed by atoms with E-state index in [4.69, 9.17) is 5.11 Å². The largest absolute Gasteiger partial charge is 0.478 e. The molecule has 0 saturated carbocycles. The first-order valence-corrected chi connectivity index (χ1v) is 6.09. The van der Waals surface area contributed by atoms with Crippen LogP contribution in [0.25, 0.3) is 0 Å². The normalized spacial score (nSPS) is 9.86. The minimum absolute atomic E-state index is 0.109. The van der Waals surface area contributed by atoms with Gasteiger partial charge in [-0.15, -0.1) is 0 Å². The monoisotopic (exact) mass is 297 g/mol. The fraction of sp³-hybridized carbons (Fsp3) is 0.308. The molecule has 0 bridgehead atoms. The summed E-state index contributed by atoms with van der Waals surface area (Å²) < 4.78 is 13.6. The van der Waals surface area contributed by atoms with E-state index < -0.39 is 17.8 Å². The average molecular weight is 297 g/mol. The molecule has 21 heavy (non-hydrogen) atoms. The first-order valence-electron chi connectivity index (χ1n) is 6.09. The van der Waals surface area contributed by atoms with Crippen LogP contribution in [0.5, 0.6) is 0 Å². The zero-order chi connectivity index (χ0) is 16.0. The van der Waals surface area contributed by atoms with E-state index in [1.54, 1.807) is 14.1 Å². The fourth-order valence-corrected chi connectivity index (χ4v) is 1.42. The van der Waals surface area contributed by atoms with Gasteiger partial charge in [-0.2, -0.15) is 0 Å². The Morgan fingerprint density at radius 3 is 2.48 bits per heavy atom. The molecule has 1 aromatic carbocycles. The summed E-state index contributed by atoms with van der Waals surface area (Å²) in [6.45, 7) is 0.109. The number of anilines is 1. The van der Waals surface area contributed by atoms with Gasteiger partial charge in [0.1, 0.15) is 5.82 Å². The van der Waals surface area contributed by atoms with Crippen LogP contribution in [0.3, 0.4) is 0 Å². The van der Waals surface area contributed by atoms with Gasteiger partial charge in [-0.1, -0.05) is 0 Å². The van der Waals surface area contributed by atoms with Crippen LogP contribution in [0.2, 0.25) is 0 Å². The van der Waals surface area contributed by atoms with Crippen molar-refractivity contribution in [2.24, 2.45) is 0 Å². The number of halogens is 1. The molecule has 0 spiro atoms. The average Bonchev–Trinajstić information content (AvgIpc) is 2.40. The Hall–Kier alpha value is -2.64. The van der Waals surface area contributed by atoms with E-state index in [0.717, 1.165) is 12.1 Å². The molecule has 7 nitrogen and oxygen atoms in total. The molecule has 0 fully saturated rings. The molecule has 3 N–H and O–H groups in total. The summed E-state index contributed by atoms with van der Waals surface area (Å²) in [5.74, 6) is -2.26. The molecule has 0 aliphatic carbocycles. The van der Waals surface area contributed by atoms with Crippen molar-refractivity contribution >= 4 is 23.6 Å². The minimum atomic E-state index is -1.26. The molecule has 0 aliphatic rings. The molecule has 0 heterocycles. The lowest BCUT2D eigenvalue weighted by atomic mass is 10.2. The van der Waals surface area contributed by atoms with Crippen molar-refractivity contribution in [3.8, 4) is 0 Å². The van der Waals surface area contributed by atoms with Gasteiger partial charge in [0.15, 0.2) is 0 Å². The van der Waals surface area contributed by atoms with Crippen LogP contribution in [0.1, 0.15) is 16.8 Å². The van der Waals surface area contributed by atoms with Crippen molar-refractivity contribution in [1.29, 1.82) is 0 Å². The molecule has 8 heteroatoms. The molecule has 1 rings (SSSR count). The minimum Gasteiger partial charge on any atom is -0.478 e. The fourth-order valence-electron chi connectivity index (χ4n) is 1.42. The van der Waals surface area contributed by atoms with Crippen LogP contribution in [0.15, 0.2) is 18.2 Å². The van der Waals surface area contributed by atoms with Crippen molar-refractivity contribution in [3.63, 3.8) is 0 Å². The Morgan fingerprint density at radius 1 is 1.29 bits per heavy atom. The van der Waals surface area contributed by atoms with E-state index in [9.17, 15) is 18.8 Å². The summed E-state index contributed by atoms with van der Waals surface area (Å²) in [4.78, 5) is 34.8. The second kappa shape index (κ2) is 7.22. The highest BCUT2D eigenvalue weighted by molar-refractivity contribution is 5.92. The maximum atomic E-state index is 13.6. The SMILES string of the molecule is CN(C)C(=O)CCNC(=O)Nc1ccc(C(=O)O)cc1F. The standard InChI is InChI=1S/C13H16FN3O4/c1-17(2)11(18)5-6-15-13(21)16-10-4-3-8(12(19)20)7-9(10)14/h3-4,7H,5-6H2,1-2H3,(H,19,20)(H2,15,16,21). The van der Waals surface area contributed by atoms with E-state index in [0.29, 0.717) is 0 Å². The Bertz CT molecular complexity index is 560. The number of urea groups is 1. The number of nitrogens with zero attached hydrogens (tertiary/aromatic N) is 1. The Kier molecular flexibility index (Phi) is 5.65. The van der Waals surface area contributed by atoms with Crippen LogP contribution in [-0.4, -0.2) is 48.6 Å². The highest BCUT2D eigenvalue weighted by Crippen LogP contribution is 2.15. The summed E-state index contributed by atoms with van der Waals surface area (Å²) in [6, 6.07) is 2.47. The van der Waals surface area contributed by atoms with Crippen molar-refractivity contribution in [2.75, 3.05) is 26.0 Å². The maximum absolute atomic E-state index is 13.6. The Morgan fingerprint density at radius 2 is 1.95 bits per heavy atom. The molecule has 114 valence electrons. The van der Waals surface area contributed by atoms with E-state index in [1.807, 2.05) is 0 Å². The van der Waals surface area contributed by atoms with Gasteiger partial charge in [0, 0.05) is 27.1 Å². The van der Waals surface area contributed by atoms with E-state index >= 15 is 0 Å². The third-order valence-electron chi connectivity index (χ3n) is 2.59. The van der Waals surface area contributed by atoms with Crippen LogP contribution in [0, 0.1) is 5.82 Å². The summed E-state index contributed by atoms with van der Waals surface area (Å²) >= 11 is 0. The molecule has 0 radical (unpaired) electrons. The third-order valence-corrected chi connectivity index (χ3v) is 2.59. The van der Waals surface area contributed by atoms with Gasteiger partial charge in [-0.25, -0.2) is 14.0 Å². The molecular weight excluding hydrogens is 281 g/mol. The molecule has 0 aromatic heterocycles. The summed E-state index contributed by atoms with van der Waals surface area (Å²) in [6.07, 6.45) is 0.126. The number of carboxylic acids is 1. The van der Waals surface area contributed by atoms with Crippen LogP contribution in [0.4, 0.5) is 14.9 Å². The summed E-state index contributed by atoms with van der Waals surface area (Å²) in [7, 11) is 3.20. The number of nitrogens with one attached hydrogen (secondary N) is 2. The number of carbonyl (C=O) groups is 3. The third kappa shape index (κ3) is 5.09. The first kappa shape index (κ1) is 16.4. The molecule has 0 unspecified atom stereocenters. The highest BCUT2D eigenvalue weighted by Gasteiger charge is 2.11. The number of carboxylic acid groups (broad SMARTS) is 1. The summed E-state index contributed by atoms with van der Waals surface area (Å²) in [5, 5.41) is 13.3. The Balaban J connectivity index is 2.52. The van der Waals surface area contributed by atoms with Gasteiger partial charge in [-0.05, 0) is 18.2 Å². The predicted molar refractivity (Wildman–Crippen MR) is 73.7 cm³/mol. The molecule has 1 aromatic rings. The molecule has 0 atom stereocenters. The number of rotatable bonds is 5. The van der Waals surface area contributed by atoms with Crippen molar-refractivity contribution in [1.82, 2.24) is 10.2 Å². The van der Waals surface area contributed by atoms with Gasteiger partial charge in [0.2, 0.25) is 5.91 Å². The zero-order valence-electron chi connectivity index (χ0n) is 11.6. The van der Waals surface area contributed by atoms with Gasteiger partial charge in [-0.3, -0.25) is 4.79 Å². The van der Waals surface area contributed by atoms with E-state index in [2.05, 4.69) is 10.6 Å². The number of carbonyl (C=O) groups excluding carboxylic acids is 2. The zero-order valence-corrected chi connectivity index (χ0v) is 11.6. The van der Waals surface area contributed by atoms with Crippen LogP contribution in [-0.2, 0) is 4.79 Å². The van der Waals surface area contributed by atoms with Crippen LogP contribution >= 0.6 is 0 Å². The molecular formula is C13H16FN3O4. The second-order valence-electron chi connectivity index (χ2n) is 4.42. The highest BCUT2D eigenvalue weighted by atomic mass is 19.1. The lowest BCUT2D eigenvalue weighted by molar-refractivity contribution is -0.128. The van der Waals surface area contributed by atoms with Gasteiger partial charge >= 0.3 is 12.0 Å². The number of amides is 3. The number of benzene rings is 1. The molecule has 0 saturated heterocycles. The maximum Gasteiger partial charge on any atom is 0.335 e. The second-order valence-corrected chi connectivity index (χ2v) is 4.42. The Labute approximate surface area is 120 Å².